The quantitative estimate of drug-likeness (QED) is 0.850. The van der Waals surface area contributed by atoms with Crippen molar-refractivity contribution in [1.29, 1.82) is 5.26 Å². The van der Waals surface area contributed by atoms with Crippen molar-refractivity contribution in [1.82, 2.24) is 0 Å². The highest BCUT2D eigenvalue weighted by molar-refractivity contribution is 7.10. The molecule has 2 aromatic rings. The normalized spacial score (nSPS) is 17.0. The van der Waals surface area contributed by atoms with Crippen LogP contribution in [-0.2, 0) is 20.9 Å². The van der Waals surface area contributed by atoms with E-state index < -0.39 is 11.9 Å². The minimum absolute atomic E-state index is 0.0204. The van der Waals surface area contributed by atoms with Crippen molar-refractivity contribution in [3.63, 3.8) is 0 Å². The average molecular weight is 352 g/mol. The molecule has 0 aliphatic carbocycles. The summed E-state index contributed by atoms with van der Waals surface area (Å²) in [5.41, 5.74) is 7.37. The maximum atomic E-state index is 12.7. The zero-order valence-corrected chi connectivity index (χ0v) is 14.4. The molecule has 1 aliphatic heterocycles. The molecule has 0 spiro atoms. The van der Waals surface area contributed by atoms with Gasteiger partial charge in [-0.15, -0.1) is 11.3 Å². The molecule has 0 radical (unpaired) electrons. The lowest BCUT2D eigenvalue weighted by Gasteiger charge is -2.25. The summed E-state index contributed by atoms with van der Waals surface area (Å²) >= 11 is 1.45. The molecule has 0 saturated carbocycles. The summed E-state index contributed by atoms with van der Waals surface area (Å²) in [5.74, 6) is -0.770. The highest BCUT2D eigenvalue weighted by atomic mass is 32.1. The van der Waals surface area contributed by atoms with Crippen molar-refractivity contribution in [3.05, 3.63) is 81.1 Å². The van der Waals surface area contributed by atoms with Crippen LogP contribution in [0, 0.1) is 11.3 Å². The Morgan fingerprint density at radius 3 is 2.72 bits per heavy atom. The number of allylic oxidation sites excluding steroid dienone is 2. The summed E-state index contributed by atoms with van der Waals surface area (Å²) in [7, 11) is 0. The molecule has 5 nitrogen and oxygen atoms in total. The first-order chi connectivity index (χ1) is 12.1. The van der Waals surface area contributed by atoms with E-state index in [1.807, 2.05) is 47.8 Å². The van der Waals surface area contributed by atoms with Gasteiger partial charge in [0.15, 0.2) is 0 Å². The fourth-order valence-corrected chi connectivity index (χ4v) is 3.51. The second-order valence-electron chi connectivity index (χ2n) is 5.47. The molecule has 1 atom stereocenters. The molecule has 1 aromatic carbocycles. The molecule has 1 aliphatic rings. The van der Waals surface area contributed by atoms with Crippen LogP contribution in [0.5, 0.6) is 0 Å². The van der Waals surface area contributed by atoms with Crippen LogP contribution in [-0.4, -0.2) is 5.97 Å². The van der Waals surface area contributed by atoms with Crippen LogP contribution >= 0.6 is 11.3 Å². The van der Waals surface area contributed by atoms with Crippen LogP contribution in [0.15, 0.2) is 70.6 Å². The van der Waals surface area contributed by atoms with Gasteiger partial charge in [-0.3, -0.25) is 0 Å². The number of benzene rings is 1. The first-order valence-electron chi connectivity index (χ1n) is 7.64. The largest absolute Gasteiger partial charge is 0.457 e. The topological polar surface area (TPSA) is 85.3 Å². The van der Waals surface area contributed by atoms with Crippen LogP contribution in [0.4, 0.5) is 0 Å². The van der Waals surface area contributed by atoms with Gasteiger partial charge in [0.1, 0.15) is 17.9 Å². The monoisotopic (exact) mass is 352 g/mol. The Kier molecular flexibility index (Phi) is 4.87. The maximum Gasteiger partial charge on any atom is 0.340 e. The first kappa shape index (κ1) is 16.8. The molecule has 0 bridgehead atoms. The average Bonchev–Trinajstić information content (AvgIpc) is 3.14. The lowest BCUT2D eigenvalue weighted by molar-refractivity contribution is -0.140. The third-order valence-corrected chi connectivity index (χ3v) is 4.80. The number of carbonyl (C=O) groups excluding carboxylic acids is 1. The molecule has 2 heterocycles. The van der Waals surface area contributed by atoms with Gasteiger partial charge in [-0.2, -0.15) is 5.26 Å². The zero-order chi connectivity index (χ0) is 17.8. The lowest BCUT2D eigenvalue weighted by Crippen LogP contribution is -2.26. The molecular weight excluding hydrogens is 336 g/mol. The van der Waals surface area contributed by atoms with Crippen molar-refractivity contribution >= 4 is 17.3 Å². The summed E-state index contributed by atoms with van der Waals surface area (Å²) in [4.78, 5) is 13.5. The van der Waals surface area contributed by atoms with E-state index in [2.05, 4.69) is 6.07 Å². The van der Waals surface area contributed by atoms with Gasteiger partial charge < -0.3 is 15.2 Å². The Balaban J connectivity index is 1.90. The van der Waals surface area contributed by atoms with Gasteiger partial charge in [0.2, 0.25) is 5.88 Å². The maximum absolute atomic E-state index is 12.7. The van der Waals surface area contributed by atoms with Gasteiger partial charge in [0.05, 0.1) is 17.6 Å². The molecule has 3 rings (SSSR count). The molecule has 6 heteroatoms. The third kappa shape index (κ3) is 3.42. The first-order valence-corrected chi connectivity index (χ1v) is 8.52. The fourth-order valence-electron chi connectivity index (χ4n) is 2.67. The molecule has 1 aromatic heterocycles. The van der Waals surface area contributed by atoms with Crippen molar-refractivity contribution in [2.24, 2.45) is 5.73 Å². The van der Waals surface area contributed by atoms with E-state index in [0.29, 0.717) is 11.3 Å². The number of ether oxygens (including phenoxy) is 2. The second-order valence-corrected chi connectivity index (χ2v) is 6.45. The molecule has 126 valence electrons. The number of esters is 1. The number of carbonyl (C=O) groups is 1. The van der Waals surface area contributed by atoms with E-state index in [1.54, 1.807) is 6.92 Å². The molecule has 0 amide bonds. The van der Waals surface area contributed by atoms with Gasteiger partial charge in [-0.25, -0.2) is 4.79 Å². The summed E-state index contributed by atoms with van der Waals surface area (Å²) < 4.78 is 10.8. The molecule has 0 fully saturated rings. The number of nitrogens with two attached hydrogens (primary N) is 1. The number of rotatable bonds is 4. The van der Waals surface area contributed by atoms with Crippen LogP contribution in [0.1, 0.15) is 23.3 Å². The van der Waals surface area contributed by atoms with Crippen LogP contribution < -0.4 is 5.73 Å². The van der Waals surface area contributed by atoms with Gasteiger partial charge in [-0.05, 0) is 23.9 Å². The summed E-state index contributed by atoms with van der Waals surface area (Å²) in [6, 6.07) is 15.2. The minimum Gasteiger partial charge on any atom is -0.457 e. The number of nitriles is 1. The zero-order valence-electron chi connectivity index (χ0n) is 13.6. The van der Waals surface area contributed by atoms with Crippen molar-refractivity contribution in [3.8, 4) is 6.07 Å². The smallest absolute Gasteiger partial charge is 0.340 e. The number of thiophene rings is 1. The van der Waals surface area contributed by atoms with Crippen LogP contribution in [0.25, 0.3) is 0 Å². The minimum atomic E-state index is -0.583. The Labute approximate surface area is 149 Å². The highest BCUT2D eigenvalue weighted by Crippen LogP contribution is 2.41. The fraction of sp³-hybridized carbons (Fsp3) is 0.158. The Morgan fingerprint density at radius 1 is 1.32 bits per heavy atom. The highest BCUT2D eigenvalue weighted by Gasteiger charge is 2.37. The number of nitrogens with zero attached hydrogens (tertiary/aromatic N) is 1. The molecule has 25 heavy (non-hydrogen) atoms. The van der Waals surface area contributed by atoms with Gasteiger partial charge in [0.25, 0.3) is 0 Å². The van der Waals surface area contributed by atoms with E-state index >= 15 is 0 Å². The SMILES string of the molecule is CC1=C(C#N)[C@@H](c2cccs2)C(C(=O)OCc2ccccc2)=C(N)O1. The molecule has 2 N–H and O–H groups in total. The van der Waals surface area contributed by atoms with E-state index in [4.69, 9.17) is 15.2 Å². The Hall–Kier alpha value is -3.04. The van der Waals surface area contributed by atoms with Gasteiger partial charge in [-0.1, -0.05) is 36.4 Å². The van der Waals surface area contributed by atoms with Gasteiger partial charge in [0, 0.05) is 4.88 Å². The third-order valence-electron chi connectivity index (χ3n) is 3.87. The second kappa shape index (κ2) is 7.24. The number of hydrogen-bond donors (Lipinski definition) is 1. The number of hydrogen-bond acceptors (Lipinski definition) is 6. The molecule has 0 saturated heterocycles. The van der Waals surface area contributed by atoms with Crippen molar-refractivity contribution in [2.75, 3.05) is 0 Å². The van der Waals surface area contributed by atoms with Crippen molar-refractivity contribution in [2.45, 2.75) is 19.4 Å². The summed E-state index contributed by atoms with van der Waals surface area (Å²) in [6.45, 7) is 1.79. The van der Waals surface area contributed by atoms with E-state index in [-0.39, 0.29) is 18.1 Å². The molecular formula is C19H16N2O3S. The standard InChI is InChI=1S/C19H16N2O3S/c1-12-14(10-20)16(15-8-5-9-25-15)17(18(21)24-12)19(22)23-11-13-6-3-2-4-7-13/h2-9,16H,11,21H2,1H3/t16-/m0/s1. The predicted molar refractivity (Wildman–Crippen MR) is 93.9 cm³/mol. The Bertz CT molecular complexity index is 877. The summed E-state index contributed by atoms with van der Waals surface area (Å²) in [6.07, 6.45) is 0. The Morgan fingerprint density at radius 2 is 2.08 bits per heavy atom. The van der Waals surface area contributed by atoms with Gasteiger partial charge >= 0.3 is 5.97 Å². The van der Waals surface area contributed by atoms with Crippen LogP contribution in [0.2, 0.25) is 0 Å². The predicted octanol–water partition coefficient (Wildman–Crippen LogP) is 3.57. The van der Waals surface area contributed by atoms with E-state index in [0.717, 1.165) is 10.4 Å². The van der Waals surface area contributed by atoms with Crippen molar-refractivity contribution < 1.29 is 14.3 Å². The lowest BCUT2D eigenvalue weighted by atomic mass is 9.88. The summed E-state index contributed by atoms with van der Waals surface area (Å²) in [5, 5.41) is 11.4. The van der Waals surface area contributed by atoms with E-state index in [9.17, 15) is 10.1 Å². The molecule has 0 unspecified atom stereocenters. The van der Waals surface area contributed by atoms with E-state index in [1.165, 1.54) is 11.3 Å². The van der Waals surface area contributed by atoms with Crippen LogP contribution in [0.3, 0.4) is 0 Å².